The number of alkyl halides is 4. The van der Waals surface area contributed by atoms with E-state index in [0.717, 1.165) is 48.5 Å². The average Bonchev–Trinajstić information content (AvgIpc) is 3.35. The van der Waals surface area contributed by atoms with Crippen molar-refractivity contribution in [2.75, 3.05) is 13.1 Å². The minimum absolute atomic E-state index is 0.0310. The van der Waals surface area contributed by atoms with Crippen molar-refractivity contribution in [2.45, 2.75) is 60.5 Å². The van der Waals surface area contributed by atoms with Crippen molar-refractivity contribution in [1.82, 2.24) is 4.90 Å². The zero-order chi connectivity index (χ0) is 28.8. The lowest BCUT2D eigenvalue weighted by molar-refractivity contribution is -0.228. The number of amides is 1. The molecule has 0 aromatic heterocycles. The summed E-state index contributed by atoms with van der Waals surface area (Å²) in [5.41, 5.74) is -4.28. The molecule has 212 valence electrons. The van der Waals surface area contributed by atoms with Crippen LogP contribution in [0.1, 0.15) is 50.2 Å². The molecule has 1 saturated heterocycles. The maximum atomic E-state index is 14.6. The Bertz CT molecular complexity index is 1330. The summed E-state index contributed by atoms with van der Waals surface area (Å²) in [4.78, 5) is 25.8. The Morgan fingerprint density at radius 3 is 1.97 bits per heavy atom. The molecule has 0 radical (unpaired) electrons. The van der Waals surface area contributed by atoms with Gasteiger partial charge < -0.3 is 10.0 Å². The molecule has 1 unspecified atom stereocenters. The SMILES string of the molecule is CC(F)(c1ccc([C@]2(S(=O)(=O)c3ccc(F)cc3)CCN(C(=O)C3CCC(C(=O)O)CC3)C2)cc1)C(F)(F)F. The van der Waals surface area contributed by atoms with Crippen LogP contribution >= 0.6 is 0 Å². The highest BCUT2D eigenvalue weighted by atomic mass is 32.2. The number of carboxylic acids is 1. The molecule has 1 aliphatic carbocycles. The average molecular weight is 574 g/mol. The van der Waals surface area contributed by atoms with E-state index >= 15 is 0 Å². The first-order chi connectivity index (χ1) is 18.1. The van der Waals surface area contributed by atoms with Crippen LogP contribution in [0.3, 0.4) is 0 Å². The van der Waals surface area contributed by atoms with Crippen LogP contribution in [0, 0.1) is 17.7 Å². The van der Waals surface area contributed by atoms with E-state index in [9.17, 15) is 45.1 Å². The zero-order valence-electron chi connectivity index (χ0n) is 21.0. The number of carboxylic acid groups (broad SMARTS) is 1. The molecule has 1 aliphatic heterocycles. The van der Waals surface area contributed by atoms with Crippen LogP contribution in [0.15, 0.2) is 53.4 Å². The van der Waals surface area contributed by atoms with Crippen molar-refractivity contribution in [3.63, 3.8) is 0 Å². The van der Waals surface area contributed by atoms with Crippen molar-refractivity contribution in [3.8, 4) is 0 Å². The van der Waals surface area contributed by atoms with Gasteiger partial charge in [-0.3, -0.25) is 9.59 Å². The van der Waals surface area contributed by atoms with Crippen LogP contribution in [0.2, 0.25) is 0 Å². The smallest absolute Gasteiger partial charge is 0.426 e. The Balaban J connectivity index is 1.70. The molecule has 6 nitrogen and oxygen atoms in total. The van der Waals surface area contributed by atoms with E-state index in [4.69, 9.17) is 0 Å². The Morgan fingerprint density at radius 1 is 0.923 bits per heavy atom. The van der Waals surface area contributed by atoms with Crippen molar-refractivity contribution in [1.29, 1.82) is 0 Å². The van der Waals surface area contributed by atoms with Gasteiger partial charge in [0.25, 0.3) is 0 Å². The van der Waals surface area contributed by atoms with Gasteiger partial charge in [0.15, 0.2) is 9.84 Å². The summed E-state index contributed by atoms with van der Waals surface area (Å²) < 4.78 is 94.1. The molecule has 1 amide bonds. The second kappa shape index (κ2) is 10.2. The molecule has 2 aromatic rings. The number of carbonyl (C=O) groups is 2. The van der Waals surface area contributed by atoms with Crippen LogP contribution in [0.25, 0.3) is 0 Å². The number of hydrogen-bond donors (Lipinski definition) is 1. The van der Waals surface area contributed by atoms with Gasteiger partial charge in [0.1, 0.15) is 10.6 Å². The van der Waals surface area contributed by atoms with E-state index < -0.39 is 55.6 Å². The van der Waals surface area contributed by atoms with Crippen LogP contribution in [-0.2, 0) is 29.8 Å². The lowest BCUT2D eigenvalue weighted by atomic mass is 9.81. The van der Waals surface area contributed by atoms with Crippen molar-refractivity contribution in [3.05, 3.63) is 65.5 Å². The summed E-state index contributed by atoms with van der Waals surface area (Å²) in [5.74, 6) is -2.93. The van der Waals surface area contributed by atoms with Gasteiger partial charge in [-0.25, -0.2) is 17.2 Å². The molecule has 1 heterocycles. The summed E-state index contributed by atoms with van der Waals surface area (Å²) in [6.07, 6.45) is -3.96. The highest BCUT2D eigenvalue weighted by molar-refractivity contribution is 7.92. The summed E-state index contributed by atoms with van der Waals surface area (Å²) in [6, 6.07) is 8.16. The summed E-state index contributed by atoms with van der Waals surface area (Å²) in [5, 5.41) is 9.23. The van der Waals surface area contributed by atoms with Crippen LogP contribution < -0.4 is 0 Å². The summed E-state index contributed by atoms with van der Waals surface area (Å²) in [7, 11) is -4.32. The minimum Gasteiger partial charge on any atom is -0.481 e. The zero-order valence-corrected chi connectivity index (χ0v) is 21.9. The van der Waals surface area contributed by atoms with Crippen LogP contribution in [0.4, 0.5) is 22.0 Å². The standard InChI is InChI=1S/C27H28F5NO5S/c1-25(29,27(30,31)32)19-6-8-20(9-7-19)26(39(37,38)22-12-10-21(28)11-13-22)14-15-33(16-26)23(34)17-2-4-18(5-3-17)24(35)36/h6-13,17-18H,2-5,14-16H2,1H3,(H,35,36)/t17?,18?,25?,26-/m0/s1. The number of hydrogen-bond acceptors (Lipinski definition) is 4. The highest BCUT2D eigenvalue weighted by Gasteiger charge is 2.55. The maximum absolute atomic E-state index is 14.6. The third-order valence-electron chi connectivity index (χ3n) is 8.09. The van der Waals surface area contributed by atoms with E-state index in [1.807, 2.05) is 0 Å². The fourth-order valence-electron chi connectivity index (χ4n) is 5.52. The van der Waals surface area contributed by atoms with Crippen LogP contribution in [0.5, 0.6) is 0 Å². The van der Waals surface area contributed by atoms with E-state index in [2.05, 4.69) is 0 Å². The van der Waals surface area contributed by atoms with E-state index in [0.29, 0.717) is 32.6 Å². The predicted molar refractivity (Wildman–Crippen MR) is 131 cm³/mol. The number of nitrogens with zero attached hydrogens (tertiary/aromatic N) is 1. The topological polar surface area (TPSA) is 91.8 Å². The number of likely N-dealkylation sites (tertiary alicyclic amines) is 1. The number of carbonyl (C=O) groups excluding carboxylic acids is 1. The first kappa shape index (κ1) is 29.0. The first-order valence-corrected chi connectivity index (χ1v) is 14.0. The van der Waals surface area contributed by atoms with E-state index in [1.165, 1.54) is 4.90 Å². The third kappa shape index (κ3) is 5.15. The number of rotatable bonds is 6. The van der Waals surface area contributed by atoms with Gasteiger partial charge >= 0.3 is 12.1 Å². The van der Waals surface area contributed by atoms with Crippen LogP contribution in [-0.4, -0.2) is 49.6 Å². The van der Waals surface area contributed by atoms with E-state index in [-0.39, 0.29) is 35.9 Å². The second-order valence-electron chi connectivity index (χ2n) is 10.4. The molecule has 39 heavy (non-hydrogen) atoms. The predicted octanol–water partition coefficient (Wildman–Crippen LogP) is 5.37. The van der Waals surface area contributed by atoms with Crippen molar-refractivity contribution < 1.29 is 45.1 Å². The number of halogens is 5. The number of sulfone groups is 1. The van der Waals surface area contributed by atoms with Gasteiger partial charge in [0, 0.05) is 19.0 Å². The Labute approximate surface area is 222 Å². The Hall–Kier alpha value is -3.02. The molecule has 2 atom stereocenters. The molecule has 1 N–H and O–H groups in total. The lowest BCUT2D eigenvalue weighted by Gasteiger charge is -2.32. The van der Waals surface area contributed by atoms with Gasteiger partial charge in [-0.1, -0.05) is 24.3 Å². The largest absolute Gasteiger partial charge is 0.481 e. The van der Waals surface area contributed by atoms with Gasteiger partial charge in [0.2, 0.25) is 11.6 Å². The minimum atomic E-state index is -5.19. The van der Waals surface area contributed by atoms with E-state index in [1.54, 1.807) is 0 Å². The second-order valence-corrected chi connectivity index (χ2v) is 12.7. The molecule has 0 bridgehead atoms. The quantitative estimate of drug-likeness (QED) is 0.371. The molecule has 2 aliphatic rings. The van der Waals surface area contributed by atoms with Crippen molar-refractivity contribution >= 4 is 21.7 Å². The fourth-order valence-corrected chi connectivity index (χ4v) is 7.59. The molecular weight excluding hydrogens is 545 g/mol. The monoisotopic (exact) mass is 573 g/mol. The van der Waals surface area contributed by atoms with Crippen molar-refractivity contribution in [2.24, 2.45) is 11.8 Å². The molecular formula is C27H28F5NO5S. The fraction of sp³-hybridized carbons (Fsp3) is 0.481. The Kier molecular flexibility index (Phi) is 7.57. The van der Waals surface area contributed by atoms with Gasteiger partial charge in [-0.15, -0.1) is 0 Å². The normalized spacial score (nSPS) is 25.7. The highest BCUT2D eigenvalue weighted by Crippen LogP contribution is 2.46. The number of aliphatic carboxylic acids is 1. The summed E-state index contributed by atoms with van der Waals surface area (Å²) >= 11 is 0. The van der Waals surface area contributed by atoms with Gasteiger partial charge in [-0.05, 0) is 74.4 Å². The number of benzene rings is 2. The Morgan fingerprint density at radius 2 is 1.46 bits per heavy atom. The molecule has 0 spiro atoms. The molecule has 2 aromatic carbocycles. The maximum Gasteiger partial charge on any atom is 0.426 e. The van der Waals surface area contributed by atoms with Gasteiger partial charge in [0.05, 0.1) is 10.8 Å². The lowest BCUT2D eigenvalue weighted by Crippen LogP contribution is -2.43. The van der Waals surface area contributed by atoms with Gasteiger partial charge in [-0.2, -0.15) is 13.2 Å². The molecule has 4 rings (SSSR count). The molecule has 2 fully saturated rings. The molecule has 1 saturated carbocycles. The molecule has 12 heteroatoms. The third-order valence-corrected chi connectivity index (χ3v) is 10.6. The summed E-state index contributed by atoms with van der Waals surface area (Å²) in [6.45, 7) is 0.0985. The first-order valence-electron chi connectivity index (χ1n) is 12.5.